The van der Waals surface area contributed by atoms with E-state index in [0.717, 1.165) is 11.6 Å². The summed E-state index contributed by atoms with van der Waals surface area (Å²) in [5.41, 5.74) is 2.57. The zero-order chi connectivity index (χ0) is 10.4. The smallest absolute Gasteiger partial charge is 0.0293 e. The van der Waals surface area contributed by atoms with Crippen molar-refractivity contribution in [1.29, 1.82) is 0 Å². The van der Waals surface area contributed by atoms with Gasteiger partial charge < -0.3 is 5.32 Å². The van der Waals surface area contributed by atoms with Crippen LogP contribution in [0.5, 0.6) is 0 Å². The largest absolute Gasteiger partial charge is 0.388 e. The number of rotatable bonds is 7. The second-order valence-corrected chi connectivity index (χ2v) is 4.21. The molecule has 0 unspecified atom stereocenters. The van der Waals surface area contributed by atoms with Gasteiger partial charge in [0.05, 0.1) is 0 Å². The Morgan fingerprint density at radius 3 is 2.64 bits per heavy atom. The van der Waals surface area contributed by atoms with Crippen LogP contribution < -0.4 is 5.32 Å². The van der Waals surface area contributed by atoms with Gasteiger partial charge in [0.2, 0.25) is 0 Å². The predicted octanol–water partition coefficient (Wildman–Crippen LogP) is 3.64. The van der Waals surface area contributed by atoms with Crippen molar-refractivity contribution in [1.82, 2.24) is 5.32 Å². The Morgan fingerprint density at radius 2 is 2.14 bits per heavy atom. The highest BCUT2D eigenvalue weighted by Crippen LogP contribution is 2.33. The van der Waals surface area contributed by atoms with Crippen LogP contribution in [0, 0.1) is 5.92 Å². The van der Waals surface area contributed by atoms with Crippen LogP contribution in [0.25, 0.3) is 0 Å². The third-order valence-corrected chi connectivity index (χ3v) is 2.80. The number of likely N-dealkylation sites (N-methyl/N-ethyl adjacent to an activating group) is 1. The summed E-state index contributed by atoms with van der Waals surface area (Å²) in [4.78, 5) is 0. The third kappa shape index (κ3) is 3.99. The molecule has 0 heterocycles. The van der Waals surface area contributed by atoms with Crippen molar-refractivity contribution in [3.8, 4) is 0 Å². The first-order valence-electron chi connectivity index (χ1n) is 5.85. The van der Waals surface area contributed by atoms with E-state index in [1.807, 2.05) is 7.05 Å². The quantitative estimate of drug-likeness (QED) is 0.481. The van der Waals surface area contributed by atoms with Crippen LogP contribution in [0.1, 0.15) is 45.4 Å². The molecule has 0 saturated heterocycles. The Balaban J connectivity index is 2.39. The van der Waals surface area contributed by atoms with Gasteiger partial charge in [-0.15, -0.1) is 0 Å². The highest BCUT2D eigenvalue weighted by atomic mass is 14.8. The van der Waals surface area contributed by atoms with Crippen LogP contribution in [0.3, 0.4) is 0 Å². The standard InChI is InChI=1S/C13H23N/c1-4-5-6-7-13(11(2)14-3)10-12-8-9-12/h10,12,14H,2,4-9H2,1,3H3/b13-10+. The zero-order valence-electron chi connectivity index (χ0n) is 9.60. The van der Waals surface area contributed by atoms with Gasteiger partial charge in [-0.3, -0.25) is 0 Å². The normalized spacial score (nSPS) is 16.9. The number of hydrogen-bond donors (Lipinski definition) is 1. The molecule has 0 aliphatic heterocycles. The maximum Gasteiger partial charge on any atom is 0.0293 e. The molecular weight excluding hydrogens is 170 g/mol. The minimum atomic E-state index is 0.858. The third-order valence-electron chi connectivity index (χ3n) is 2.80. The van der Waals surface area contributed by atoms with E-state index in [1.54, 1.807) is 0 Å². The van der Waals surface area contributed by atoms with Crippen LogP contribution in [-0.4, -0.2) is 7.05 Å². The Hall–Kier alpha value is -0.720. The Morgan fingerprint density at radius 1 is 1.43 bits per heavy atom. The highest BCUT2D eigenvalue weighted by molar-refractivity contribution is 5.28. The fraction of sp³-hybridized carbons (Fsp3) is 0.692. The van der Waals surface area contributed by atoms with Gasteiger partial charge in [-0.25, -0.2) is 0 Å². The van der Waals surface area contributed by atoms with Gasteiger partial charge in [0.15, 0.2) is 0 Å². The molecule has 0 aromatic rings. The van der Waals surface area contributed by atoms with Crippen LogP contribution in [-0.2, 0) is 0 Å². The summed E-state index contributed by atoms with van der Waals surface area (Å²) in [5.74, 6) is 0.858. The van der Waals surface area contributed by atoms with E-state index in [4.69, 9.17) is 0 Å². The summed E-state index contributed by atoms with van der Waals surface area (Å²) in [5, 5.41) is 3.16. The summed E-state index contributed by atoms with van der Waals surface area (Å²) in [7, 11) is 1.96. The van der Waals surface area contributed by atoms with E-state index in [2.05, 4.69) is 24.9 Å². The van der Waals surface area contributed by atoms with Crippen LogP contribution >= 0.6 is 0 Å². The van der Waals surface area contributed by atoms with Gasteiger partial charge in [0.1, 0.15) is 0 Å². The van der Waals surface area contributed by atoms with E-state index in [-0.39, 0.29) is 0 Å². The molecule has 80 valence electrons. The van der Waals surface area contributed by atoms with Gasteiger partial charge in [0.25, 0.3) is 0 Å². The molecule has 1 saturated carbocycles. The zero-order valence-corrected chi connectivity index (χ0v) is 9.60. The molecular formula is C13H23N. The van der Waals surface area contributed by atoms with Gasteiger partial charge >= 0.3 is 0 Å². The lowest BCUT2D eigenvalue weighted by Gasteiger charge is -2.10. The maximum atomic E-state index is 4.05. The fourth-order valence-electron chi connectivity index (χ4n) is 1.61. The molecule has 1 aliphatic carbocycles. The number of nitrogens with one attached hydrogen (secondary N) is 1. The van der Waals surface area contributed by atoms with E-state index >= 15 is 0 Å². The summed E-state index contributed by atoms with van der Waals surface area (Å²) < 4.78 is 0. The first-order valence-corrected chi connectivity index (χ1v) is 5.85. The average molecular weight is 193 g/mol. The molecule has 0 bridgehead atoms. The lowest BCUT2D eigenvalue weighted by atomic mass is 10.0. The van der Waals surface area contributed by atoms with Crippen molar-refractivity contribution in [3.63, 3.8) is 0 Å². The van der Waals surface area contributed by atoms with Gasteiger partial charge in [0, 0.05) is 12.7 Å². The molecule has 0 spiro atoms. The second-order valence-electron chi connectivity index (χ2n) is 4.21. The van der Waals surface area contributed by atoms with Crippen molar-refractivity contribution >= 4 is 0 Å². The second kappa shape index (κ2) is 5.90. The molecule has 1 heteroatoms. The number of allylic oxidation sites excluding steroid dienone is 2. The average Bonchev–Trinajstić information content (AvgIpc) is 2.99. The van der Waals surface area contributed by atoms with E-state index in [0.29, 0.717) is 0 Å². The molecule has 0 atom stereocenters. The minimum Gasteiger partial charge on any atom is -0.388 e. The SMILES string of the molecule is C=C(NC)/C(=C/C1CC1)CCCCC. The Labute approximate surface area is 88.3 Å². The van der Waals surface area contributed by atoms with E-state index in [1.165, 1.54) is 44.1 Å². The summed E-state index contributed by atoms with van der Waals surface area (Å²) in [6, 6.07) is 0. The lowest BCUT2D eigenvalue weighted by molar-refractivity contribution is 0.708. The van der Waals surface area contributed by atoms with Gasteiger partial charge in [-0.2, -0.15) is 0 Å². The topological polar surface area (TPSA) is 12.0 Å². The van der Waals surface area contributed by atoms with Crippen molar-refractivity contribution < 1.29 is 0 Å². The molecule has 1 nitrogen and oxygen atoms in total. The maximum absolute atomic E-state index is 4.05. The van der Waals surface area contributed by atoms with Gasteiger partial charge in [-0.1, -0.05) is 32.4 Å². The van der Waals surface area contributed by atoms with E-state index in [9.17, 15) is 0 Å². The number of hydrogen-bond acceptors (Lipinski definition) is 1. The molecule has 0 radical (unpaired) electrons. The van der Waals surface area contributed by atoms with Crippen molar-refractivity contribution in [3.05, 3.63) is 23.9 Å². The van der Waals surface area contributed by atoms with Crippen LogP contribution in [0.15, 0.2) is 23.9 Å². The molecule has 1 fully saturated rings. The fourth-order valence-corrected chi connectivity index (χ4v) is 1.61. The summed E-state index contributed by atoms with van der Waals surface area (Å²) in [6.45, 7) is 6.30. The summed E-state index contributed by atoms with van der Waals surface area (Å²) >= 11 is 0. The first-order chi connectivity index (χ1) is 6.77. The van der Waals surface area contributed by atoms with Crippen LogP contribution in [0.4, 0.5) is 0 Å². The van der Waals surface area contributed by atoms with Crippen LogP contribution in [0.2, 0.25) is 0 Å². The molecule has 1 N–H and O–H groups in total. The van der Waals surface area contributed by atoms with Crippen molar-refractivity contribution in [2.24, 2.45) is 5.92 Å². The lowest BCUT2D eigenvalue weighted by Crippen LogP contribution is -2.07. The van der Waals surface area contributed by atoms with Gasteiger partial charge in [-0.05, 0) is 37.2 Å². The molecule has 0 amide bonds. The summed E-state index contributed by atoms with van der Waals surface area (Å²) in [6.07, 6.45) is 10.3. The predicted molar refractivity (Wildman–Crippen MR) is 63.1 cm³/mol. The van der Waals surface area contributed by atoms with Crippen molar-refractivity contribution in [2.45, 2.75) is 45.4 Å². The molecule has 0 aromatic carbocycles. The molecule has 0 aromatic heterocycles. The number of unbranched alkanes of at least 4 members (excludes halogenated alkanes) is 2. The monoisotopic (exact) mass is 193 g/mol. The van der Waals surface area contributed by atoms with Crippen molar-refractivity contribution in [2.75, 3.05) is 7.05 Å². The molecule has 1 aliphatic rings. The first kappa shape index (κ1) is 11.4. The minimum absolute atomic E-state index is 0.858. The van der Waals surface area contributed by atoms with E-state index < -0.39 is 0 Å². The molecule has 1 rings (SSSR count). The Bertz CT molecular complexity index is 211. The Kier molecular flexibility index (Phi) is 4.78. The highest BCUT2D eigenvalue weighted by Gasteiger charge is 2.19. The molecule has 14 heavy (non-hydrogen) atoms.